The summed E-state index contributed by atoms with van der Waals surface area (Å²) in [5.41, 5.74) is 0.278. The molecule has 0 saturated heterocycles. The van der Waals surface area contributed by atoms with Gasteiger partial charge < -0.3 is 4.74 Å². The van der Waals surface area contributed by atoms with Gasteiger partial charge in [0.2, 0.25) is 0 Å². The molecule has 0 aliphatic heterocycles. The standard InChI is InChI=1S/C8H10O3/c1-4-8(10)11-5-6(2)7(3)9/h4H,1-2,5H2,3H3. The van der Waals surface area contributed by atoms with E-state index >= 15 is 0 Å². The van der Waals surface area contributed by atoms with Crippen LogP contribution >= 0.6 is 0 Å². The lowest BCUT2D eigenvalue weighted by atomic mass is 10.2. The molecule has 0 fully saturated rings. The maximum atomic E-state index is 10.5. The lowest BCUT2D eigenvalue weighted by Gasteiger charge is -2.00. The molecule has 0 atom stereocenters. The van der Waals surface area contributed by atoms with Crippen LogP contribution in [-0.4, -0.2) is 18.4 Å². The van der Waals surface area contributed by atoms with E-state index in [0.29, 0.717) is 0 Å². The largest absolute Gasteiger partial charge is 0.458 e. The fourth-order valence-electron chi connectivity index (χ4n) is 0.319. The van der Waals surface area contributed by atoms with Crippen molar-refractivity contribution in [1.29, 1.82) is 0 Å². The van der Waals surface area contributed by atoms with Crippen LogP contribution in [0.3, 0.4) is 0 Å². The van der Waals surface area contributed by atoms with Crippen LogP contribution in [0.4, 0.5) is 0 Å². The Morgan fingerprint density at radius 1 is 1.55 bits per heavy atom. The van der Waals surface area contributed by atoms with Crippen molar-refractivity contribution >= 4 is 11.8 Å². The number of esters is 1. The summed E-state index contributed by atoms with van der Waals surface area (Å²) in [7, 11) is 0. The Morgan fingerprint density at radius 3 is 2.45 bits per heavy atom. The Labute approximate surface area is 65.4 Å². The summed E-state index contributed by atoms with van der Waals surface area (Å²) >= 11 is 0. The molecule has 0 aromatic heterocycles. The van der Waals surface area contributed by atoms with Crippen LogP contribution in [0.2, 0.25) is 0 Å². The van der Waals surface area contributed by atoms with Crippen LogP contribution < -0.4 is 0 Å². The molecule has 60 valence electrons. The van der Waals surface area contributed by atoms with Gasteiger partial charge >= 0.3 is 5.97 Å². The highest BCUT2D eigenvalue weighted by molar-refractivity contribution is 5.93. The van der Waals surface area contributed by atoms with Crippen LogP contribution in [0.25, 0.3) is 0 Å². The number of Topliss-reactive ketones (excluding diaryl/α,β-unsaturated/α-hetero) is 1. The van der Waals surface area contributed by atoms with Gasteiger partial charge in [0.15, 0.2) is 5.78 Å². The Kier molecular flexibility index (Phi) is 3.88. The number of ketones is 1. The Hall–Kier alpha value is -1.38. The topological polar surface area (TPSA) is 43.4 Å². The molecule has 0 saturated carbocycles. The van der Waals surface area contributed by atoms with E-state index in [1.54, 1.807) is 0 Å². The first-order chi connectivity index (χ1) is 5.07. The summed E-state index contributed by atoms with van der Waals surface area (Å²) in [6, 6.07) is 0. The molecule has 0 radical (unpaired) electrons. The second kappa shape index (κ2) is 4.44. The summed E-state index contributed by atoms with van der Waals surface area (Å²) in [4.78, 5) is 21.0. The molecule has 0 bridgehead atoms. The third-order valence-electron chi connectivity index (χ3n) is 1.05. The molecule has 0 aromatic rings. The van der Waals surface area contributed by atoms with Gasteiger partial charge in [0.25, 0.3) is 0 Å². The van der Waals surface area contributed by atoms with Gasteiger partial charge in [-0.05, 0) is 6.92 Å². The fraction of sp³-hybridized carbons (Fsp3) is 0.250. The molecule has 3 nitrogen and oxygen atoms in total. The van der Waals surface area contributed by atoms with Crippen LogP contribution in [0, 0.1) is 0 Å². The monoisotopic (exact) mass is 154 g/mol. The van der Waals surface area contributed by atoms with Crippen LogP contribution in [0.5, 0.6) is 0 Å². The van der Waals surface area contributed by atoms with Gasteiger partial charge in [-0.3, -0.25) is 4.79 Å². The number of rotatable bonds is 4. The van der Waals surface area contributed by atoms with E-state index in [1.807, 2.05) is 0 Å². The van der Waals surface area contributed by atoms with Gasteiger partial charge in [-0.2, -0.15) is 0 Å². The molecular formula is C8H10O3. The highest BCUT2D eigenvalue weighted by Crippen LogP contribution is 1.93. The predicted octanol–water partition coefficient (Wildman–Crippen LogP) is 0.861. The predicted molar refractivity (Wildman–Crippen MR) is 41.0 cm³/mol. The van der Waals surface area contributed by atoms with Crippen molar-refractivity contribution in [2.75, 3.05) is 6.61 Å². The first-order valence-corrected chi connectivity index (χ1v) is 3.06. The van der Waals surface area contributed by atoms with E-state index in [0.717, 1.165) is 6.08 Å². The molecule has 0 unspecified atom stereocenters. The van der Waals surface area contributed by atoms with Crippen molar-refractivity contribution in [2.24, 2.45) is 0 Å². The number of carbonyl (C=O) groups excluding carboxylic acids is 2. The summed E-state index contributed by atoms with van der Waals surface area (Å²) < 4.78 is 4.54. The van der Waals surface area contributed by atoms with Gasteiger partial charge in [-0.15, -0.1) is 0 Å². The average Bonchev–Trinajstić information content (AvgIpc) is 1.99. The van der Waals surface area contributed by atoms with E-state index in [9.17, 15) is 9.59 Å². The second-order valence-corrected chi connectivity index (χ2v) is 1.97. The smallest absolute Gasteiger partial charge is 0.330 e. The molecule has 0 heterocycles. The molecule has 0 aromatic carbocycles. The minimum absolute atomic E-state index is 0.0554. The minimum Gasteiger partial charge on any atom is -0.458 e. The van der Waals surface area contributed by atoms with Crippen molar-refractivity contribution in [3.63, 3.8) is 0 Å². The molecule has 0 amide bonds. The first kappa shape index (κ1) is 9.62. The van der Waals surface area contributed by atoms with E-state index in [-0.39, 0.29) is 18.0 Å². The summed E-state index contributed by atoms with van der Waals surface area (Å²) in [5, 5.41) is 0. The molecule has 0 N–H and O–H groups in total. The van der Waals surface area contributed by atoms with Crippen LogP contribution in [0.15, 0.2) is 24.8 Å². The quantitative estimate of drug-likeness (QED) is 0.445. The van der Waals surface area contributed by atoms with Crippen molar-refractivity contribution in [3.8, 4) is 0 Å². The normalized spacial score (nSPS) is 8.45. The van der Waals surface area contributed by atoms with Gasteiger partial charge in [-0.1, -0.05) is 13.2 Å². The number of hydrogen-bond acceptors (Lipinski definition) is 3. The number of carbonyl (C=O) groups is 2. The molecule has 0 rings (SSSR count). The number of ether oxygens (including phenoxy) is 1. The Balaban J connectivity index is 3.71. The van der Waals surface area contributed by atoms with E-state index in [4.69, 9.17) is 0 Å². The van der Waals surface area contributed by atoms with Crippen molar-refractivity contribution in [1.82, 2.24) is 0 Å². The fourth-order valence-corrected chi connectivity index (χ4v) is 0.319. The molecule has 3 heteroatoms. The van der Waals surface area contributed by atoms with Crippen molar-refractivity contribution in [3.05, 3.63) is 24.8 Å². The maximum Gasteiger partial charge on any atom is 0.330 e. The van der Waals surface area contributed by atoms with E-state index < -0.39 is 5.97 Å². The highest BCUT2D eigenvalue weighted by atomic mass is 16.5. The summed E-state index contributed by atoms with van der Waals surface area (Å²) in [6.45, 7) is 7.90. The molecule has 11 heavy (non-hydrogen) atoms. The SMILES string of the molecule is C=CC(=O)OCC(=C)C(C)=O. The van der Waals surface area contributed by atoms with E-state index in [1.165, 1.54) is 6.92 Å². The second-order valence-electron chi connectivity index (χ2n) is 1.97. The van der Waals surface area contributed by atoms with Crippen molar-refractivity contribution < 1.29 is 14.3 Å². The number of hydrogen-bond donors (Lipinski definition) is 0. The van der Waals surface area contributed by atoms with Gasteiger partial charge in [-0.25, -0.2) is 4.79 Å². The minimum atomic E-state index is -0.549. The molecular weight excluding hydrogens is 144 g/mol. The summed E-state index contributed by atoms with van der Waals surface area (Å²) in [5.74, 6) is -0.728. The van der Waals surface area contributed by atoms with Gasteiger partial charge in [0.05, 0.1) is 0 Å². The zero-order valence-corrected chi connectivity index (χ0v) is 6.42. The maximum absolute atomic E-state index is 10.5. The lowest BCUT2D eigenvalue weighted by molar-refractivity contribution is -0.136. The van der Waals surface area contributed by atoms with Gasteiger partial charge in [0, 0.05) is 11.6 Å². The lowest BCUT2D eigenvalue weighted by Crippen LogP contribution is -2.08. The van der Waals surface area contributed by atoms with Crippen LogP contribution in [0.1, 0.15) is 6.92 Å². The third kappa shape index (κ3) is 4.08. The third-order valence-corrected chi connectivity index (χ3v) is 1.05. The zero-order chi connectivity index (χ0) is 8.85. The van der Waals surface area contributed by atoms with Gasteiger partial charge in [0.1, 0.15) is 6.61 Å². The Morgan fingerprint density at radius 2 is 2.09 bits per heavy atom. The first-order valence-electron chi connectivity index (χ1n) is 3.06. The highest BCUT2D eigenvalue weighted by Gasteiger charge is 2.02. The Bertz CT molecular complexity index is 203. The summed E-state index contributed by atoms with van der Waals surface area (Å²) in [6.07, 6.45) is 1.04. The zero-order valence-electron chi connectivity index (χ0n) is 6.42. The molecule has 0 aliphatic rings. The molecule has 0 spiro atoms. The molecule has 0 aliphatic carbocycles. The van der Waals surface area contributed by atoms with Crippen molar-refractivity contribution in [2.45, 2.75) is 6.92 Å². The van der Waals surface area contributed by atoms with Crippen LogP contribution in [-0.2, 0) is 14.3 Å². The van der Waals surface area contributed by atoms with E-state index in [2.05, 4.69) is 17.9 Å². The average molecular weight is 154 g/mol.